The van der Waals surface area contributed by atoms with Crippen LogP contribution >= 0.6 is 0 Å². The van der Waals surface area contributed by atoms with Gasteiger partial charge in [-0.05, 0) is 68.7 Å². The van der Waals surface area contributed by atoms with E-state index >= 15 is 0 Å². The molecule has 1 aliphatic carbocycles. The van der Waals surface area contributed by atoms with Gasteiger partial charge in [0.2, 0.25) is 6.79 Å². The SMILES string of the molecule is CC1=C(/C=C/C(C)=C/C=C/C(C)=C/C(=O)OCC(O)COc2ccc3c(c2)OCO3)C(C)(C)CCC1. The zero-order chi connectivity index (χ0) is 26.1. The summed E-state index contributed by atoms with van der Waals surface area (Å²) >= 11 is 0. The maximum absolute atomic E-state index is 12.1. The quantitative estimate of drug-likeness (QED) is 0.236. The number of hydrogen-bond donors (Lipinski definition) is 1. The Kier molecular flexibility index (Phi) is 9.59. The van der Waals surface area contributed by atoms with Crippen molar-refractivity contribution in [3.05, 3.63) is 76.9 Å². The summed E-state index contributed by atoms with van der Waals surface area (Å²) in [5.74, 6) is 1.29. The predicted octanol–water partition coefficient (Wildman–Crippen LogP) is 6.23. The molecule has 1 aliphatic heterocycles. The van der Waals surface area contributed by atoms with Crippen LogP contribution < -0.4 is 14.2 Å². The van der Waals surface area contributed by atoms with Crippen molar-refractivity contribution in [1.82, 2.24) is 0 Å². The minimum absolute atomic E-state index is 0.0132. The van der Waals surface area contributed by atoms with E-state index in [1.165, 1.54) is 36.5 Å². The topological polar surface area (TPSA) is 74.2 Å². The van der Waals surface area contributed by atoms with Gasteiger partial charge in [-0.3, -0.25) is 0 Å². The molecule has 0 spiro atoms. The molecule has 36 heavy (non-hydrogen) atoms. The van der Waals surface area contributed by atoms with E-state index in [9.17, 15) is 9.90 Å². The Labute approximate surface area is 214 Å². The first-order chi connectivity index (χ1) is 17.1. The summed E-state index contributed by atoms with van der Waals surface area (Å²) in [6.45, 7) is 10.8. The Balaban J connectivity index is 1.42. The van der Waals surface area contributed by atoms with Crippen molar-refractivity contribution in [3.63, 3.8) is 0 Å². The lowest BCUT2D eigenvalue weighted by Gasteiger charge is -2.32. The van der Waals surface area contributed by atoms with Gasteiger partial charge in [0.15, 0.2) is 11.5 Å². The monoisotopic (exact) mass is 494 g/mol. The first-order valence-corrected chi connectivity index (χ1v) is 12.4. The van der Waals surface area contributed by atoms with E-state index in [0.29, 0.717) is 17.2 Å². The summed E-state index contributed by atoms with van der Waals surface area (Å²) < 4.78 is 21.2. The van der Waals surface area contributed by atoms with Crippen LogP contribution in [0.1, 0.15) is 53.9 Å². The van der Waals surface area contributed by atoms with Crippen LogP contribution in [0.15, 0.2) is 76.9 Å². The fourth-order valence-electron chi connectivity index (χ4n) is 4.29. The van der Waals surface area contributed by atoms with E-state index in [0.717, 1.165) is 11.1 Å². The van der Waals surface area contributed by atoms with Gasteiger partial charge >= 0.3 is 5.97 Å². The van der Waals surface area contributed by atoms with Gasteiger partial charge in [0.1, 0.15) is 25.1 Å². The second kappa shape index (κ2) is 12.6. The van der Waals surface area contributed by atoms with Crippen molar-refractivity contribution >= 4 is 5.97 Å². The zero-order valence-electron chi connectivity index (χ0n) is 22.0. The molecule has 1 aromatic carbocycles. The van der Waals surface area contributed by atoms with Gasteiger partial charge in [-0.2, -0.15) is 0 Å². The first kappa shape index (κ1) is 27.3. The summed E-state index contributed by atoms with van der Waals surface area (Å²) in [5, 5.41) is 10.1. The second-order valence-corrected chi connectivity index (χ2v) is 10.0. The number of esters is 1. The van der Waals surface area contributed by atoms with Crippen LogP contribution in [-0.4, -0.2) is 37.2 Å². The molecule has 1 unspecified atom stereocenters. The number of rotatable bonds is 10. The second-order valence-electron chi connectivity index (χ2n) is 10.0. The third-order valence-electron chi connectivity index (χ3n) is 6.32. The summed E-state index contributed by atoms with van der Waals surface area (Å²) in [6.07, 6.45) is 14.3. The highest BCUT2D eigenvalue weighted by Gasteiger charge is 2.26. The largest absolute Gasteiger partial charge is 0.491 e. The molecule has 2 aliphatic rings. The number of aliphatic hydroxyl groups excluding tert-OH is 1. The van der Waals surface area contributed by atoms with E-state index < -0.39 is 12.1 Å². The highest BCUT2D eigenvalue weighted by atomic mass is 16.7. The number of hydrogen-bond acceptors (Lipinski definition) is 6. The number of aliphatic hydroxyl groups is 1. The first-order valence-electron chi connectivity index (χ1n) is 12.4. The molecule has 3 rings (SSSR count). The summed E-state index contributed by atoms with van der Waals surface area (Å²) in [7, 11) is 0. The average Bonchev–Trinajstić information content (AvgIpc) is 3.28. The number of fused-ring (bicyclic) bond motifs is 1. The van der Waals surface area contributed by atoms with Crippen molar-refractivity contribution in [2.45, 2.75) is 60.0 Å². The fraction of sp³-hybridized carbons (Fsp3) is 0.433. The molecule has 0 aromatic heterocycles. The summed E-state index contributed by atoms with van der Waals surface area (Å²) in [6, 6.07) is 5.17. The van der Waals surface area contributed by atoms with Crippen LogP contribution in [0.5, 0.6) is 17.2 Å². The normalized spacial score (nSPS) is 18.7. The lowest BCUT2D eigenvalue weighted by molar-refractivity contribution is -0.141. The van der Waals surface area contributed by atoms with Crippen LogP contribution in [-0.2, 0) is 9.53 Å². The van der Waals surface area contributed by atoms with Crippen molar-refractivity contribution < 1.29 is 28.8 Å². The third kappa shape index (κ3) is 8.16. The Morgan fingerprint density at radius 2 is 1.92 bits per heavy atom. The molecule has 0 saturated heterocycles. The molecule has 0 fully saturated rings. The molecule has 0 saturated carbocycles. The van der Waals surface area contributed by atoms with Crippen molar-refractivity contribution in [1.29, 1.82) is 0 Å². The van der Waals surface area contributed by atoms with Gasteiger partial charge < -0.3 is 24.1 Å². The predicted molar refractivity (Wildman–Crippen MR) is 141 cm³/mol. The molecule has 0 bridgehead atoms. The van der Waals surface area contributed by atoms with Crippen LogP contribution in [0, 0.1) is 5.41 Å². The Hall–Kier alpha value is -3.25. The molecule has 6 heteroatoms. The minimum atomic E-state index is -0.950. The molecule has 1 aromatic rings. The lowest BCUT2D eigenvalue weighted by Crippen LogP contribution is -2.24. The molecule has 194 valence electrons. The number of benzene rings is 1. The van der Waals surface area contributed by atoms with Gasteiger partial charge in [0.25, 0.3) is 0 Å². The van der Waals surface area contributed by atoms with Crippen LogP contribution in [0.3, 0.4) is 0 Å². The van der Waals surface area contributed by atoms with Crippen LogP contribution in [0.25, 0.3) is 0 Å². The highest BCUT2D eigenvalue weighted by molar-refractivity contribution is 5.83. The number of carbonyl (C=O) groups excluding carboxylic acids is 1. The average molecular weight is 495 g/mol. The highest BCUT2D eigenvalue weighted by Crippen LogP contribution is 2.40. The van der Waals surface area contributed by atoms with Crippen LogP contribution in [0.4, 0.5) is 0 Å². The molecule has 1 heterocycles. The molecule has 0 radical (unpaired) electrons. The summed E-state index contributed by atoms with van der Waals surface area (Å²) in [4.78, 5) is 12.1. The zero-order valence-corrected chi connectivity index (χ0v) is 22.0. The van der Waals surface area contributed by atoms with Gasteiger partial charge in [-0.1, -0.05) is 55.4 Å². The summed E-state index contributed by atoms with van der Waals surface area (Å²) in [5.41, 5.74) is 5.03. The molecular weight excluding hydrogens is 456 g/mol. The standard InChI is InChI=1S/C30H38O6/c1-21(11-13-26-23(3)10-7-15-30(26,4)5)8-6-9-22(2)16-29(32)34-19-24(31)18-33-25-12-14-27-28(17-25)36-20-35-27/h6,8-9,11-14,16-17,24,31H,7,10,15,18-20H2,1-5H3/b9-6+,13-11+,21-8+,22-16+. The van der Waals surface area contributed by atoms with E-state index in [2.05, 4.69) is 39.8 Å². The number of allylic oxidation sites excluding steroid dienone is 9. The molecule has 6 nitrogen and oxygen atoms in total. The Morgan fingerprint density at radius 3 is 2.69 bits per heavy atom. The molecule has 1 N–H and O–H groups in total. The van der Waals surface area contributed by atoms with E-state index in [1.807, 2.05) is 25.2 Å². The van der Waals surface area contributed by atoms with Gasteiger partial charge in [-0.15, -0.1) is 0 Å². The van der Waals surface area contributed by atoms with Gasteiger partial charge in [0.05, 0.1) is 0 Å². The minimum Gasteiger partial charge on any atom is -0.491 e. The molecule has 1 atom stereocenters. The molecular formula is C30H38O6. The van der Waals surface area contributed by atoms with Gasteiger partial charge in [0, 0.05) is 12.1 Å². The third-order valence-corrected chi connectivity index (χ3v) is 6.32. The maximum Gasteiger partial charge on any atom is 0.331 e. The van der Waals surface area contributed by atoms with E-state index in [1.54, 1.807) is 18.2 Å². The number of carbonyl (C=O) groups is 1. The van der Waals surface area contributed by atoms with Crippen molar-refractivity contribution in [3.8, 4) is 17.2 Å². The van der Waals surface area contributed by atoms with Gasteiger partial charge in [-0.25, -0.2) is 4.79 Å². The van der Waals surface area contributed by atoms with Crippen molar-refractivity contribution in [2.24, 2.45) is 5.41 Å². The van der Waals surface area contributed by atoms with E-state index in [4.69, 9.17) is 18.9 Å². The molecule has 0 amide bonds. The Morgan fingerprint density at radius 1 is 1.14 bits per heavy atom. The fourth-order valence-corrected chi connectivity index (χ4v) is 4.29. The van der Waals surface area contributed by atoms with Crippen LogP contribution in [0.2, 0.25) is 0 Å². The van der Waals surface area contributed by atoms with E-state index in [-0.39, 0.29) is 25.4 Å². The Bertz CT molecular complexity index is 1090. The smallest absolute Gasteiger partial charge is 0.331 e. The number of ether oxygens (including phenoxy) is 4. The lowest BCUT2D eigenvalue weighted by atomic mass is 9.72. The van der Waals surface area contributed by atoms with Crippen molar-refractivity contribution in [2.75, 3.05) is 20.0 Å². The maximum atomic E-state index is 12.1.